The number of hydrogen-bond acceptors (Lipinski definition) is 6. The highest BCUT2D eigenvalue weighted by molar-refractivity contribution is 6.30. The van der Waals surface area contributed by atoms with Crippen LogP contribution in [0.5, 0.6) is 17.2 Å². The molecule has 4 aromatic rings. The first-order chi connectivity index (χ1) is 16.7. The van der Waals surface area contributed by atoms with Crippen LogP contribution in [-0.2, 0) is 0 Å². The van der Waals surface area contributed by atoms with Gasteiger partial charge >= 0.3 is 0 Å². The van der Waals surface area contributed by atoms with Gasteiger partial charge in [-0.25, -0.2) is 4.68 Å². The fourth-order valence-corrected chi connectivity index (χ4v) is 4.91. The van der Waals surface area contributed by atoms with Crippen LogP contribution in [0.1, 0.15) is 28.8 Å². The summed E-state index contributed by atoms with van der Waals surface area (Å²) in [6.45, 7) is 0. The van der Waals surface area contributed by atoms with Gasteiger partial charge in [0.15, 0.2) is 6.10 Å². The molecule has 1 N–H and O–H groups in total. The largest absolute Gasteiger partial charge is 0.497 e. The van der Waals surface area contributed by atoms with Crippen molar-refractivity contribution < 1.29 is 14.2 Å². The van der Waals surface area contributed by atoms with E-state index in [2.05, 4.69) is 15.4 Å². The zero-order chi connectivity index (χ0) is 23.2. The Balaban J connectivity index is 1.63. The number of fused-ring (bicyclic) bond motifs is 3. The van der Waals surface area contributed by atoms with Crippen LogP contribution < -0.4 is 19.5 Å². The molecule has 34 heavy (non-hydrogen) atoms. The van der Waals surface area contributed by atoms with E-state index >= 15 is 0 Å². The van der Waals surface area contributed by atoms with Gasteiger partial charge in [0.25, 0.3) is 0 Å². The number of halogens is 1. The van der Waals surface area contributed by atoms with E-state index < -0.39 is 6.10 Å². The van der Waals surface area contributed by atoms with E-state index in [9.17, 15) is 0 Å². The SMILES string of the molecule is COc1ccc([C@H]2Oc3ccccc3C3=C2[C@@H](c2cccc(Cl)c2)n2ncnc2N3)c(OC)c1. The Bertz CT molecular complexity index is 1430. The van der Waals surface area contributed by atoms with E-state index in [-0.39, 0.29) is 6.04 Å². The third-order valence-corrected chi connectivity index (χ3v) is 6.44. The normalized spacial score (nSPS) is 18.2. The Labute approximate surface area is 201 Å². The maximum atomic E-state index is 6.66. The number of nitrogens with one attached hydrogen (secondary N) is 1. The summed E-state index contributed by atoms with van der Waals surface area (Å²) in [5, 5.41) is 8.70. The summed E-state index contributed by atoms with van der Waals surface area (Å²) in [6.07, 6.45) is 1.09. The molecule has 0 spiro atoms. The number of aromatic nitrogens is 3. The van der Waals surface area contributed by atoms with Crippen LogP contribution in [0.25, 0.3) is 5.70 Å². The minimum absolute atomic E-state index is 0.294. The van der Waals surface area contributed by atoms with E-state index in [1.54, 1.807) is 20.5 Å². The topological polar surface area (TPSA) is 70.4 Å². The average molecular weight is 473 g/mol. The highest BCUT2D eigenvalue weighted by Gasteiger charge is 2.41. The molecule has 2 atom stereocenters. The van der Waals surface area contributed by atoms with E-state index in [1.165, 1.54) is 0 Å². The van der Waals surface area contributed by atoms with Crippen molar-refractivity contribution in [1.82, 2.24) is 14.8 Å². The standard InChI is InChI=1S/C26H21ClN4O3/c1-32-17-10-11-19(21(13-17)33-2)25-22-23(18-8-3-4-9-20(18)34-25)30-26-28-14-29-31(26)24(22)15-6-5-7-16(27)12-15/h3-14,24-25H,1-2H3,(H,28,29,30)/t24-,25-/m1/s1. The monoisotopic (exact) mass is 472 g/mol. The number of methoxy groups -OCH3 is 2. The van der Waals surface area contributed by atoms with Crippen LogP contribution in [-0.4, -0.2) is 29.0 Å². The summed E-state index contributed by atoms with van der Waals surface area (Å²) in [4.78, 5) is 4.46. The Kier molecular flexibility index (Phi) is 4.92. The molecule has 6 rings (SSSR count). The molecule has 3 heterocycles. The number of nitrogens with zero attached hydrogens (tertiary/aromatic N) is 3. The van der Waals surface area contributed by atoms with Crippen molar-refractivity contribution in [3.05, 3.63) is 100 Å². The number of rotatable bonds is 4. The van der Waals surface area contributed by atoms with Gasteiger partial charge < -0.3 is 19.5 Å². The van der Waals surface area contributed by atoms with Gasteiger partial charge in [-0.15, -0.1) is 0 Å². The summed E-state index contributed by atoms with van der Waals surface area (Å²) in [6, 6.07) is 21.2. The van der Waals surface area contributed by atoms with E-state index in [1.807, 2.05) is 71.4 Å². The predicted octanol–water partition coefficient (Wildman–Crippen LogP) is 5.51. The maximum absolute atomic E-state index is 6.66. The zero-order valence-corrected chi connectivity index (χ0v) is 19.3. The second-order valence-electron chi connectivity index (χ2n) is 8.04. The number of anilines is 1. The van der Waals surface area contributed by atoms with Crippen LogP contribution in [0, 0.1) is 0 Å². The summed E-state index contributed by atoms with van der Waals surface area (Å²) < 4.78 is 19.7. The third-order valence-electron chi connectivity index (χ3n) is 6.21. The Morgan fingerprint density at radius 3 is 2.71 bits per heavy atom. The van der Waals surface area contributed by atoms with Crippen molar-refractivity contribution in [2.75, 3.05) is 19.5 Å². The molecule has 0 fully saturated rings. The maximum Gasteiger partial charge on any atom is 0.226 e. The van der Waals surface area contributed by atoms with Gasteiger partial charge in [0, 0.05) is 27.8 Å². The molecule has 2 aliphatic rings. The number of benzene rings is 3. The first-order valence-electron chi connectivity index (χ1n) is 10.8. The molecule has 1 aromatic heterocycles. The van der Waals surface area contributed by atoms with Crippen molar-refractivity contribution in [2.24, 2.45) is 0 Å². The quantitative estimate of drug-likeness (QED) is 0.422. The summed E-state index contributed by atoms with van der Waals surface area (Å²) >= 11 is 6.41. The molecule has 0 radical (unpaired) electrons. The van der Waals surface area contributed by atoms with Crippen molar-refractivity contribution in [3.8, 4) is 17.2 Å². The van der Waals surface area contributed by atoms with Gasteiger partial charge in [0.05, 0.1) is 19.9 Å². The van der Waals surface area contributed by atoms with Gasteiger partial charge in [-0.1, -0.05) is 35.9 Å². The molecule has 0 amide bonds. The lowest BCUT2D eigenvalue weighted by Gasteiger charge is -2.39. The fraction of sp³-hybridized carbons (Fsp3) is 0.154. The Morgan fingerprint density at radius 1 is 1.00 bits per heavy atom. The number of hydrogen-bond donors (Lipinski definition) is 1. The van der Waals surface area contributed by atoms with E-state index in [4.69, 9.17) is 25.8 Å². The van der Waals surface area contributed by atoms with Crippen molar-refractivity contribution >= 4 is 23.2 Å². The molecule has 0 saturated heterocycles. The smallest absolute Gasteiger partial charge is 0.226 e. The summed E-state index contributed by atoms with van der Waals surface area (Å²) in [5.74, 6) is 2.80. The van der Waals surface area contributed by atoms with Crippen LogP contribution in [0.2, 0.25) is 5.02 Å². The molecule has 8 heteroatoms. The molecule has 3 aromatic carbocycles. The van der Waals surface area contributed by atoms with E-state index in [0.717, 1.165) is 33.7 Å². The van der Waals surface area contributed by atoms with Gasteiger partial charge in [-0.2, -0.15) is 10.1 Å². The number of para-hydroxylation sites is 1. The van der Waals surface area contributed by atoms with Gasteiger partial charge in [-0.05, 0) is 42.0 Å². The molecular formula is C26H21ClN4O3. The van der Waals surface area contributed by atoms with Crippen LogP contribution >= 0.6 is 11.6 Å². The highest BCUT2D eigenvalue weighted by atomic mass is 35.5. The van der Waals surface area contributed by atoms with Gasteiger partial charge in [0.2, 0.25) is 5.95 Å². The zero-order valence-electron chi connectivity index (χ0n) is 18.5. The lowest BCUT2D eigenvalue weighted by Crippen LogP contribution is -2.32. The van der Waals surface area contributed by atoms with Gasteiger partial charge in [0.1, 0.15) is 29.6 Å². The molecule has 0 unspecified atom stereocenters. The van der Waals surface area contributed by atoms with Gasteiger partial charge in [-0.3, -0.25) is 0 Å². The minimum Gasteiger partial charge on any atom is -0.497 e. The van der Waals surface area contributed by atoms with Crippen molar-refractivity contribution in [2.45, 2.75) is 12.1 Å². The van der Waals surface area contributed by atoms with Crippen LogP contribution in [0.3, 0.4) is 0 Å². The highest BCUT2D eigenvalue weighted by Crippen LogP contribution is 2.52. The lowest BCUT2D eigenvalue weighted by atomic mass is 9.84. The predicted molar refractivity (Wildman–Crippen MR) is 130 cm³/mol. The Hall–Kier alpha value is -3.97. The second kappa shape index (κ2) is 8.11. The minimum atomic E-state index is -0.459. The van der Waals surface area contributed by atoms with E-state index in [0.29, 0.717) is 22.5 Å². The van der Waals surface area contributed by atoms with Crippen molar-refractivity contribution in [1.29, 1.82) is 0 Å². The number of ether oxygens (including phenoxy) is 3. The Morgan fingerprint density at radius 2 is 1.88 bits per heavy atom. The molecule has 7 nitrogen and oxygen atoms in total. The molecule has 0 bridgehead atoms. The molecular weight excluding hydrogens is 452 g/mol. The first-order valence-corrected chi connectivity index (χ1v) is 11.2. The fourth-order valence-electron chi connectivity index (χ4n) is 4.71. The molecule has 170 valence electrons. The summed E-state index contributed by atoms with van der Waals surface area (Å²) in [5.41, 5.74) is 4.75. The average Bonchev–Trinajstić information content (AvgIpc) is 3.35. The molecule has 0 saturated carbocycles. The molecule has 2 aliphatic heterocycles. The summed E-state index contributed by atoms with van der Waals surface area (Å²) in [7, 11) is 3.28. The van der Waals surface area contributed by atoms with Crippen LogP contribution in [0.15, 0.2) is 78.6 Å². The molecule has 0 aliphatic carbocycles. The van der Waals surface area contributed by atoms with Crippen molar-refractivity contribution in [3.63, 3.8) is 0 Å². The first kappa shape index (κ1) is 20.6. The second-order valence-corrected chi connectivity index (χ2v) is 8.48. The lowest BCUT2D eigenvalue weighted by molar-refractivity contribution is 0.217. The van der Waals surface area contributed by atoms with Crippen LogP contribution in [0.4, 0.5) is 5.95 Å². The third kappa shape index (κ3) is 3.20.